The fraction of sp³-hybridized carbons (Fsp3) is 0.297. The number of nitrogens with zero attached hydrogens (tertiary/aromatic N) is 2. The van der Waals surface area contributed by atoms with Gasteiger partial charge in [-0.3, -0.25) is 13.9 Å². The van der Waals surface area contributed by atoms with Crippen LogP contribution in [0, 0.1) is 20.8 Å². The third-order valence-corrected chi connectivity index (χ3v) is 9.67. The van der Waals surface area contributed by atoms with Crippen molar-refractivity contribution in [3.63, 3.8) is 0 Å². The van der Waals surface area contributed by atoms with Crippen molar-refractivity contribution in [3.05, 3.63) is 131 Å². The van der Waals surface area contributed by atoms with Gasteiger partial charge < -0.3 is 10.2 Å². The normalized spacial score (nSPS) is 12.6. The minimum Gasteiger partial charge on any atom is -0.352 e. The van der Waals surface area contributed by atoms with E-state index in [1.54, 1.807) is 42.5 Å². The van der Waals surface area contributed by atoms with Gasteiger partial charge in [-0.15, -0.1) is 0 Å². The zero-order valence-electron chi connectivity index (χ0n) is 26.7. The van der Waals surface area contributed by atoms with Crippen molar-refractivity contribution in [2.75, 3.05) is 10.8 Å². The molecule has 0 aromatic heterocycles. The molecule has 0 aliphatic rings. The van der Waals surface area contributed by atoms with Gasteiger partial charge in [0.1, 0.15) is 12.6 Å². The molecular formula is C37H43N3O4S. The van der Waals surface area contributed by atoms with Crippen molar-refractivity contribution in [2.45, 2.75) is 71.0 Å². The minimum atomic E-state index is -4.14. The highest BCUT2D eigenvalue weighted by molar-refractivity contribution is 7.92. The molecule has 4 aromatic carbocycles. The number of hydrogen-bond donors (Lipinski definition) is 1. The van der Waals surface area contributed by atoms with Crippen LogP contribution in [0.1, 0.15) is 48.1 Å². The topological polar surface area (TPSA) is 86.8 Å². The number of benzene rings is 4. The van der Waals surface area contributed by atoms with Crippen LogP contribution in [0.25, 0.3) is 0 Å². The summed E-state index contributed by atoms with van der Waals surface area (Å²) in [5.74, 6) is -0.758. The molecule has 7 nitrogen and oxygen atoms in total. The smallest absolute Gasteiger partial charge is 0.264 e. The second kappa shape index (κ2) is 15.0. The maximum Gasteiger partial charge on any atom is 0.264 e. The number of hydrogen-bond acceptors (Lipinski definition) is 4. The maximum absolute atomic E-state index is 14.6. The first-order valence-electron chi connectivity index (χ1n) is 15.3. The van der Waals surface area contributed by atoms with E-state index in [1.807, 2.05) is 95.3 Å². The number of anilines is 1. The lowest BCUT2D eigenvalue weighted by Gasteiger charge is -2.34. The fourth-order valence-corrected chi connectivity index (χ4v) is 6.56. The molecule has 0 saturated heterocycles. The summed E-state index contributed by atoms with van der Waals surface area (Å²) >= 11 is 0. The van der Waals surface area contributed by atoms with Gasteiger partial charge in [0, 0.05) is 19.0 Å². The van der Waals surface area contributed by atoms with E-state index < -0.39 is 28.5 Å². The summed E-state index contributed by atoms with van der Waals surface area (Å²) in [6, 6.07) is 30.1. The standard InChI is InChI=1S/C37H43N3O4S/c1-6-30(5)38-37(42)35(24-31-14-8-7-9-15-31)39(25-32-16-10-12-28(3)22-32)36(41)26-40(33-17-11-13-29(4)23-33)45(43,44)34-20-18-27(2)19-21-34/h7-23,30,35H,6,24-26H2,1-5H3,(H,38,42)/t30-,35+/m0/s1. The molecule has 2 amide bonds. The third kappa shape index (κ3) is 8.82. The quantitative estimate of drug-likeness (QED) is 0.187. The lowest BCUT2D eigenvalue weighted by molar-refractivity contribution is -0.140. The molecule has 0 heterocycles. The summed E-state index contributed by atoms with van der Waals surface area (Å²) < 4.78 is 29.5. The summed E-state index contributed by atoms with van der Waals surface area (Å²) in [7, 11) is -4.14. The van der Waals surface area contributed by atoms with Crippen molar-refractivity contribution in [2.24, 2.45) is 0 Å². The second-order valence-corrected chi connectivity index (χ2v) is 13.6. The van der Waals surface area contributed by atoms with Gasteiger partial charge >= 0.3 is 0 Å². The third-order valence-electron chi connectivity index (χ3n) is 7.89. The molecule has 1 N–H and O–H groups in total. The Kier molecular flexibility index (Phi) is 11.2. The summed E-state index contributed by atoms with van der Waals surface area (Å²) in [5.41, 5.74) is 4.92. The van der Waals surface area contributed by atoms with Crippen LogP contribution in [0.2, 0.25) is 0 Å². The van der Waals surface area contributed by atoms with Crippen LogP contribution in [0.15, 0.2) is 108 Å². The van der Waals surface area contributed by atoms with E-state index in [-0.39, 0.29) is 29.8 Å². The highest BCUT2D eigenvalue weighted by atomic mass is 32.2. The van der Waals surface area contributed by atoms with E-state index in [4.69, 9.17) is 0 Å². The molecule has 45 heavy (non-hydrogen) atoms. The molecule has 0 radical (unpaired) electrons. The monoisotopic (exact) mass is 625 g/mol. The zero-order chi connectivity index (χ0) is 32.6. The van der Waals surface area contributed by atoms with Gasteiger partial charge in [0.2, 0.25) is 11.8 Å². The zero-order valence-corrected chi connectivity index (χ0v) is 27.6. The van der Waals surface area contributed by atoms with Gasteiger partial charge in [0.25, 0.3) is 10.0 Å². The molecule has 0 bridgehead atoms. The molecule has 0 aliphatic heterocycles. The maximum atomic E-state index is 14.6. The van der Waals surface area contributed by atoms with Gasteiger partial charge in [-0.2, -0.15) is 0 Å². The highest BCUT2D eigenvalue weighted by Crippen LogP contribution is 2.26. The number of nitrogens with one attached hydrogen (secondary N) is 1. The largest absolute Gasteiger partial charge is 0.352 e. The van der Waals surface area contributed by atoms with Gasteiger partial charge in [0.15, 0.2) is 0 Å². The summed E-state index contributed by atoms with van der Waals surface area (Å²) in [6.45, 7) is 9.31. The van der Waals surface area contributed by atoms with Crippen molar-refractivity contribution < 1.29 is 18.0 Å². The van der Waals surface area contributed by atoms with Gasteiger partial charge in [0.05, 0.1) is 10.6 Å². The minimum absolute atomic E-state index is 0.0861. The first-order valence-corrected chi connectivity index (χ1v) is 16.8. The van der Waals surface area contributed by atoms with E-state index in [9.17, 15) is 18.0 Å². The molecule has 0 fully saturated rings. The lowest BCUT2D eigenvalue weighted by atomic mass is 10.0. The summed E-state index contributed by atoms with van der Waals surface area (Å²) in [4.78, 5) is 30.1. The molecule has 236 valence electrons. The van der Waals surface area contributed by atoms with Gasteiger partial charge in [-0.1, -0.05) is 96.9 Å². The van der Waals surface area contributed by atoms with E-state index in [0.717, 1.165) is 38.5 Å². The Labute approximate surface area is 268 Å². The Morgan fingerprint density at radius 3 is 2.00 bits per heavy atom. The Morgan fingerprint density at radius 1 is 0.756 bits per heavy atom. The number of carbonyl (C=O) groups excluding carboxylic acids is 2. The Hall–Kier alpha value is -4.43. The van der Waals surface area contributed by atoms with Crippen LogP contribution < -0.4 is 9.62 Å². The van der Waals surface area contributed by atoms with Crippen molar-refractivity contribution in [1.29, 1.82) is 0 Å². The van der Waals surface area contributed by atoms with Crippen molar-refractivity contribution >= 4 is 27.5 Å². The van der Waals surface area contributed by atoms with E-state index in [2.05, 4.69) is 5.32 Å². The van der Waals surface area contributed by atoms with Crippen molar-refractivity contribution in [1.82, 2.24) is 10.2 Å². The van der Waals surface area contributed by atoms with E-state index in [0.29, 0.717) is 5.69 Å². The average molecular weight is 626 g/mol. The average Bonchev–Trinajstić information content (AvgIpc) is 3.02. The Bertz CT molecular complexity index is 1710. The number of amides is 2. The molecule has 0 aliphatic carbocycles. The van der Waals surface area contributed by atoms with Crippen LogP contribution in [0.5, 0.6) is 0 Å². The molecule has 4 aromatic rings. The number of aryl methyl sites for hydroxylation is 3. The van der Waals surface area contributed by atoms with Gasteiger partial charge in [-0.05, 0) is 75.1 Å². The van der Waals surface area contributed by atoms with Crippen LogP contribution in [0.4, 0.5) is 5.69 Å². The van der Waals surface area contributed by atoms with Crippen LogP contribution in [-0.2, 0) is 32.6 Å². The molecule has 4 rings (SSSR count). The number of sulfonamides is 1. The van der Waals surface area contributed by atoms with Crippen LogP contribution in [-0.4, -0.2) is 43.8 Å². The number of carbonyl (C=O) groups is 2. The predicted molar refractivity (Wildman–Crippen MR) is 180 cm³/mol. The van der Waals surface area contributed by atoms with E-state index >= 15 is 0 Å². The molecule has 0 spiro atoms. The first kappa shape index (κ1) is 33.5. The van der Waals surface area contributed by atoms with Gasteiger partial charge in [-0.25, -0.2) is 8.42 Å². The Morgan fingerprint density at radius 2 is 1.38 bits per heavy atom. The second-order valence-electron chi connectivity index (χ2n) is 11.7. The fourth-order valence-electron chi connectivity index (χ4n) is 5.15. The van der Waals surface area contributed by atoms with Crippen LogP contribution in [0.3, 0.4) is 0 Å². The number of rotatable bonds is 13. The molecule has 0 saturated carbocycles. The Balaban J connectivity index is 1.81. The highest BCUT2D eigenvalue weighted by Gasteiger charge is 2.35. The summed E-state index contributed by atoms with van der Waals surface area (Å²) in [5, 5.41) is 3.07. The predicted octanol–water partition coefficient (Wildman–Crippen LogP) is 6.36. The first-order chi connectivity index (χ1) is 21.5. The summed E-state index contributed by atoms with van der Waals surface area (Å²) in [6.07, 6.45) is 1.00. The molecular weight excluding hydrogens is 582 g/mol. The molecule has 8 heteroatoms. The van der Waals surface area contributed by atoms with Crippen molar-refractivity contribution in [3.8, 4) is 0 Å². The lowest BCUT2D eigenvalue weighted by Crippen LogP contribution is -2.54. The molecule has 0 unspecified atom stereocenters. The SMILES string of the molecule is CC[C@H](C)NC(=O)[C@@H](Cc1ccccc1)N(Cc1cccc(C)c1)C(=O)CN(c1cccc(C)c1)S(=O)(=O)c1ccc(C)cc1. The molecule has 2 atom stereocenters. The van der Waals surface area contributed by atoms with E-state index in [1.165, 1.54) is 4.90 Å². The van der Waals surface area contributed by atoms with Crippen LogP contribution >= 0.6 is 0 Å².